The Hall–Kier alpha value is -1.83. The van der Waals surface area contributed by atoms with Crippen molar-refractivity contribution >= 4 is 5.69 Å². The molecule has 3 rings (SSSR count). The van der Waals surface area contributed by atoms with E-state index in [4.69, 9.17) is 0 Å². The third kappa shape index (κ3) is 3.63. The van der Waals surface area contributed by atoms with Crippen LogP contribution in [-0.4, -0.2) is 0 Å². The fourth-order valence-electron chi connectivity index (χ4n) is 2.81. The molecule has 0 amide bonds. The molecule has 0 aliphatic heterocycles. The van der Waals surface area contributed by atoms with Gasteiger partial charge in [0.15, 0.2) is 0 Å². The highest BCUT2D eigenvalue weighted by Crippen LogP contribution is 2.42. The van der Waals surface area contributed by atoms with Crippen molar-refractivity contribution in [2.24, 2.45) is 5.92 Å². The number of nitrogens with one attached hydrogen (secondary N) is 1. The SMILES string of the molecule is CCCc1ccc(NC(c2ccc(F)cc2)C2CC2)cc1. The average Bonchev–Trinajstić information content (AvgIpc) is 3.33. The lowest BCUT2D eigenvalue weighted by Gasteiger charge is -2.20. The maximum Gasteiger partial charge on any atom is 0.123 e. The Morgan fingerprint density at radius 2 is 1.71 bits per heavy atom. The van der Waals surface area contributed by atoms with Gasteiger partial charge in [-0.1, -0.05) is 37.6 Å². The Morgan fingerprint density at radius 3 is 2.29 bits per heavy atom. The van der Waals surface area contributed by atoms with Gasteiger partial charge >= 0.3 is 0 Å². The summed E-state index contributed by atoms with van der Waals surface area (Å²) >= 11 is 0. The van der Waals surface area contributed by atoms with Crippen LogP contribution in [0.1, 0.15) is 43.4 Å². The van der Waals surface area contributed by atoms with Crippen LogP contribution in [0.4, 0.5) is 10.1 Å². The number of benzene rings is 2. The first-order valence-electron chi connectivity index (χ1n) is 7.87. The van der Waals surface area contributed by atoms with E-state index in [1.165, 1.54) is 30.4 Å². The molecule has 0 spiro atoms. The van der Waals surface area contributed by atoms with E-state index in [-0.39, 0.29) is 5.82 Å². The molecule has 1 N–H and O–H groups in total. The van der Waals surface area contributed by atoms with Crippen molar-refractivity contribution in [3.63, 3.8) is 0 Å². The molecule has 1 nitrogen and oxygen atoms in total. The van der Waals surface area contributed by atoms with Gasteiger partial charge in [-0.05, 0) is 60.6 Å². The van der Waals surface area contributed by atoms with Gasteiger partial charge in [-0.25, -0.2) is 4.39 Å². The molecule has 21 heavy (non-hydrogen) atoms. The highest BCUT2D eigenvalue weighted by Gasteiger charge is 2.32. The molecule has 1 unspecified atom stereocenters. The van der Waals surface area contributed by atoms with Crippen LogP contribution in [0.2, 0.25) is 0 Å². The van der Waals surface area contributed by atoms with E-state index in [9.17, 15) is 4.39 Å². The number of hydrogen-bond acceptors (Lipinski definition) is 1. The Bertz CT molecular complexity index is 570. The molecule has 0 bridgehead atoms. The summed E-state index contributed by atoms with van der Waals surface area (Å²) in [5, 5.41) is 3.62. The summed E-state index contributed by atoms with van der Waals surface area (Å²) in [6.07, 6.45) is 4.81. The van der Waals surface area contributed by atoms with Gasteiger partial charge in [-0.3, -0.25) is 0 Å². The Labute approximate surface area is 126 Å². The molecule has 0 heterocycles. The molecule has 1 aliphatic rings. The Balaban J connectivity index is 1.74. The third-order valence-electron chi connectivity index (χ3n) is 4.14. The van der Waals surface area contributed by atoms with E-state index in [1.54, 1.807) is 12.1 Å². The van der Waals surface area contributed by atoms with Crippen molar-refractivity contribution in [3.8, 4) is 0 Å². The number of aryl methyl sites for hydroxylation is 1. The smallest absolute Gasteiger partial charge is 0.123 e. The van der Waals surface area contributed by atoms with Crippen molar-refractivity contribution in [1.29, 1.82) is 0 Å². The Kier molecular flexibility index (Phi) is 4.23. The third-order valence-corrected chi connectivity index (χ3v) is 4.14. The predicted molar refractivity (Wildman–Crippen MR) is 85.9 cm³/mol. The number of anilines is 1. The summed E-state index contributed by atoms with van der Waals surface area (Å²) < 4.78 is 13.1. The van der Waals surface area contributed by atoms with Gasteiger partial charge in [-0.15, -0.1) is 0 Å². The first-order chi connectivity index (χ1) is 10.3. The molecular formula is C19H22FN. The highest BCUT2D eigenvalue weighted by atomic mass is 19.1. The first kappa shape index (κ1) is 14.1. The minimum absolute atomic E-state index is 0.169. The van der Waals surface area contributed by atoms with Gasteiger partial charge in [0.2, 0.25) is 0 Å². The van der Waals surface area contributed by atoms with Gasteiger partial charge in [0.1, 0.15) is 5.82 Å². The van der Waals surface area contributed by atoms with E-state index in [0.717, 1.165) is 12.1 Å². The molecule has 1 saturated carbocycles. The van der Waals surface area contributed by atoms with Gasteiger partial charge in [-0.2, -0.15) is 0 Å². The number of rotatable bonds is 6. The van der Waals surface area contributed by atoms with Gasteiger partial charge in [0.25, 0.3) is 0 Å². The van der Waals surface area contributed by atoms with Crippen molar-refractivity contribution in [2.75, 3.05) is 5.32 Å². The fraction of sp³-hybridized carbons (Fsp3) is 0.368. The van der Waals surface area contributed by atoms with Crippen molar-refractivity contribution in [3.05, 3.63) is 65.5 Å². The molecule has 2 aromatic rings. The zero-order chi connectivity index (χ0) is 14.7. The molecule has 0 saturated heterocycles. The van der Waals surface area contributed by atoms with E-state index in [1.807, 2.05) is 12.1 Å². The summed E-state index contributed by atoms with van der Waals surface area (Å²) in [7, 11) is 0. The molecule has 110 valence electrons. The molecule has 1 atom stereocenters. The zero-order valence-electron chi connectivity index (χ0n) is 12.5. The minimum Gasteiger partial charge on any atom is -0.378 e. The molecular weight excluding hydrogens is 261 g/mol. The van der Waals surface area contributed by atoms with Gasteiger partial charge in [0, 0.05) is 5.69 Å². The normalized spacial score (nSPS) is 15.7. The lowest BCUT2D eigenvalue weighted by molar-refractivity contribution is 0.622. The largest absolute Gasteiger partial charge is 0.378 e. The number of hydrogen-bond donors (Lipinski definition) is 1. The first-order valence-corrected chi connectivity index (χ1v) is 7.87. The van der Waals surface area contributed by atoms with Crippen molar-refractivity contribution in [1.82, 2.24) is 0 Å². The second-order valence-electron chi connectivity index (χ2n) is 5.96. The average molecular weight is 283 g/mol. The summed E-state index contributed by atoms with van der Waals surface area (Å²) in [4.78, 5) is 0. The standard InChI is InChI=1S/C19H22FN/c1-2-3-14-4-12-18(13-5-14)21-19(15-6-7-15)16-8-10-17(20)11-9-16/h4-5,8-13,15,19,21H,2-3,6-7H2,1H3. The Morgan fingerprint density at radius 1 is 1.05 bits per heavy atom. The van der Waals surface area contributed by atoms with Crippen molar-refractivity contribution < 1.29 is 4.39 Å². The van der Waals surface area contributed by atoms with Crippen LogP contribution in [0.3, 0.4) is 0 Å². The van der Waals surface area contributed by atoms with Crippen LogP contribution in [-0.2, 0) is 6.42 Å². The molecule has 0 radical (unpaired) electrons. The van der Waals surface area contributed by atoms with Crippen LogP contribution in [0.25, 0.3) is 0 Å². The fourth-order valence-corrected chi connectivity index (χ4v) is 2.81. The summed E-state index contributed by atoms with van der Waals surface area (Å²) in [6, 6.07) is 15.9. The topological polar surface area (TPSA) is 12.0 Å². The quantitative estimate of drug-likeness (QED) is 0.754. The number of halogens is 1. The van der Waals surface area contributed by atoms with Crippen LogP contribution < -0.4 is 5.32 Å². The van der Waals surface area contributed by atoms with Crippen molar-refractivity contribution in [2.45, 2.75) is 38.6 Å². The predicted octanol–water partition coefficient (Wildman–Crippen LogP) is 5.34. The van der Waals surface area contributed by atoms with E-state index >= 15 is 0 Å². The maximum absolute atomic E-state index is 13.1. The minimum atomic E-state index is -0.169. The summed E-state index contributed by atoms with van der Waals surface area (Å²) in [5.41, 5.74) is 3.71. The van der Waals surface area contributed by atoms with E-state index in [2.05, 4.69) is 36.5 Å². The second kappa shape index (κ2) is 6.30. The van der Waals surface area contributed by atoms with E-state index in [0.29, 0.717) is 12.0 Å². The molecule has 2 heteroatoms. The van der Waals surface area contributed by atoms with Crippen LogP contribution in [0.5, 0.6) is 0 Å². The van der Waals surface area contributed by atoms with E-state index < -0.39 is 0 Å². The lowest BCUT2D eigenvalue weighted by atomic mass is 10.0. The van der Waals surface area contributed by atoms with Crippen LogP contribution >= 0.6 is 0 Å². The maximum atomic E-state index is 13.1. The molecule has 2 aromatic carbocycles. The highest BCUT2D eigenvalue weighted by molar-refractivity contribution is 5.47. The van der Waals surface area contributed by atoms with Gasteiger partial charge < -0.3 is 5.32 Å². The summed E-state index contributed by atoms with van der Waals surface area (Å²) in [6.45, 7) is 2.20. The second-order valence-corrected chi connectivity index (χ2v) is 5.96. The van der Waals surface area contributed by atoms with Crippen LogP contribution in [0, 0.1) is 11.7 Å². The van der Waals surface area contributed by atoms with Crippen LogP contribution in [0.15, 0.2) is 48.5 Å². The zero-order valence-corrected chi connectivity index (χ0v) is 12.5. The molecule has 0 aromatic heterocycles. The lowest BCUT2D eigenvalue weighted by Crippen LogP contribution is -2.12. The van der Waals surface area contributed by atoms with Gasteiger partial charge in [0.05, 0.1) is 6.04 Å². The molecule has 1 aliphatic carbocycles. The molecule has 1 fully saturated rings. The monoisotopic (exact) mass is 283 g/mol. The summed E-state index contributed by atoms with van der Waals surface area (Å²) in [5.74, 6) is 0.503.